The van der Waals surface area contributed by atoms with E-state index in [1.54, 1.807) is 32.4 Å². The van der Waals surface area contributed by atoms with Crippen molar-refractivity contribution < 1.29 is 23.2 Å². The highest BCUT2D eigenvalue weighted by Gasteiger charge is 2.33. The second-order valence-corrected chi connectivity index (χ2v) is 6.92. The molecule has 9 heteroatoms. The van der Waals surface area contributed by atoms with E-state index in [9.17, 15) is 9.18 Å². The van der Waals surface area contributed by atoms with Crippen LogP contribution < -0.4 is 14.8 Å². The van der Waals surface area contributed by atoms with Crippen molar-refractivity contribution in [2.45, 2.75) is 6.42 Å². The predicted molar refractivity (Wildman–Crippen MR) is 109 cm³/mol. The van der Waals surface area contributed by atoms with Crippen LogP contribution in [0.2, 0.25) is 0 Å². The van der Waals surface area contributed by atoms with Crippen LogP contribution in [-0.4, -0.2) is 35.1 Å². The number of halogens is 1. The quantitative estimate of drug-likeness (QED) is 0.465. The molecule has 0 aliphatic heterocycles. The summed E-state index contributed by atoms with van der Waals surface area (Å²) in [5.41, 5.74) is 3.44. The monoisotopic (exact) mass is 420 g/mol. The number of hydrogen-bond acceptors (Lipinski definition) is 6. The molecule has 0 radical (unpaired) electrons. The van der Waals surface area contributed by atoms with Crippen LogP contribution in [0.3, 0.4) is 0 Å². The van der Waals surface area contributed by atoms with E-state index in [0.29, 0.717) is 29.2 Å². The number of methoxy groups -OCH3 is 2. The smallest absolute Gasteiger partial charge is 0.277 e. The first-order valence-corrected chi connectivity index (χ1v) is 9.44. The zero-order valence-electron chi connectivity index (χ0n) is 16.7. The molecular formula is C22H17FN4O4. The zero-order chi connectivity index (χ0) is 21.5. The molecule has 2 aromatic carbocycles. The van der Waals surface area contributed by atoms with Gasteiger partial charge in [-0.3, -0.25) is 4.79 Å². The lowest BCUT2D eigenvalue weighted by Crippen LogP contribution is -2.15. The van der Waals surface area contributed by atoms with Crippen LogP contribution in [0, 0.1) is 5.82 Å². The van der Waals surface area contributed by atoms with E-state index in [-0.39, 0.29) is 17.2 Å². The fourth-order valence-corrected chi connectivity index (χ4v) is 3.81. The van der Waals surface area contributed by atoms with Crippen LogP contribution in [0.4, 0.5) is 10.2 Å². The number of benzene rings is 2. The van der Waals surface area contributed by atoms with Gasteiger partial charge in [0.1, 0.15) is 17.8 Å². The summed E-state index contributed by atoms with van der Waals surface area (Å²) in [5, 5.41) is 10.8. The Morgan fingerprint density at radius 1 is 1.16 bits per heavy atom. The summed E-state index contributed by atoms with van der Waals surface area (Å²) in [4.78, 5) is 13.0. The van der Waals surface area contributed by atoms with E-state index in [2.05, 4.69) is 15.6 Å². The number of carbonyl (C=O) groups excluding carboxylic acids is 1. The zero-order valence-corrected chi connectivity index (χ0v) is 16.7. The average molecular weight is 420 g/mol. The Morgan fingerprint density at radius 3 is 2.65 bits per heavy atom. The molecule has 0 atom stereocenters. The maximum atomic E-state index is 14.7. The van der Waals surface area contributed by atoms with Crippen molar-refractivity contribution in [1.29, 1.82) is 0 Å². The van der Waals surface area contributed by atoms with Crippen LogP contribution >= 0.6 is 0 Å². The average Bonchev–Trinajstić information content (AvgIpc) is 3.49. The molecule has 0 spiro atoms. The normalized spacial score (nSPS) is 11.7. The Morgan fingerprint density at radius 2 is 1.94 bits per heavy atom. The van der Waals surface area contributed by atoms with E-state index in [1.807, 2.05) is 12.1 Å². The molecule has 1 aliphatic rings. The minimum atomic E-state index is -0.466. The van der Waals surface area contributed by atoms with Gasteiger partial charge in [0.15, 0.2) is 23.0 Å². The van der Waals surface area contributed by atoms with Gasteiger partial charge >= 0.3 is 0 Å². The third kappa shape index (κ3) is 3.02. The SMILES string of the molecule is COc1cc2c(cc1OC)-c1c(c(C(=O)Nc3ccon3)nn1-c1ccccc1F)C2. The molecule has 31 heavy (non-hydrogen) atoms. The molecule has 4 aromatic rings. The molecule has 1 amide bonds. The summed E-state index contributed by atoms with van der Waals surface area (Å²) in [6.45, 7) is 0. The van der Waals surface area contributed by atoms with E-state index in [4.69, 9.17) is 14.0 Å². The Kier molecular flexibility index (Phi) is 4.43. The van der Waals surface area contributed by atoms with Crippen molar-refractivity contribution in [1.82, 2.24) is 14.9 Å². The Balaban J connectivity index is 1.70. The number of fused-ring (bicyclic) bond motifs is 3. The van der Waals surface area contributed by atoms with Crippen molar-refractivity contribution in [3.05, 3.63) is 71.4 Å². The molecule has 0 saturated heterocycles. The van der Waals surface area contributed by atoms with Crippen LogP contribution in [-0.2, 0) is 6.42 Å². The summed E-state index contributed by atoms with van der Waals surface area (Å²) >= 11 is 0. The topological polar surface area (TPSA) is 91.4 Å². The number of aromatic nitrogens is 3. The Bertz CT molecular complexity index is 1300. The molecule has 8 nitrogen and oxygen atoms in total. The fourth-order valence-electron chi connectivity index (χ4n) is 3.81. The highest BCUT2D eigenvalue weighted by atomic mass is 19.1. The number of para-hydroxylation sites is 1. The van der Waals surface area contributed by atoms with Gasteiger partial charge in [0.2, 0.25) is 0 Å². The van der Waals surface area contributed by atoms with Crippen LogP contribution in [0.1, 0.15) is 21.6 Å². The number of nitrogens with one attached hydrogen (secondary N) is 1. The second-order valence-electron chi connectivity index (χ2n) is 6.92. The highest BCUT2D eigenvalue weighted by Crippen LogP contribution is 2.45. The molecule has 1 aliphatic carbocycles. The fraction of sp³-hybridized carbons (Fsp3) is 0.136. The number of carbonyl (C=O) groups is 1. The van der Waals surface area contributed by atoms with E-state index < -0.39 is 11.7 Å². The first-order chi connectivity index (χ1) is 15.1. The number of rotatable bonds is 5. The summed E-state index contributed by atoms with van der Waals surface area (Å²) < 4.78 is 31.8. The molecule has 2 aromatic heterocycles. The van der Waals surface area contributed by atoms with E-state index in [1.165, 1.54) is 23.1 Å². The van der Waals surface area contributed by atoms with Gasteiger partial charge in [0.05, 0.1) is 19.9 Å². The van der Waals surface area contributed by atoms with Gasteiger partial charge in [-0.05, 0) is 29.8 Å². The summed E-state index contributed by atoms with van der Waals surface area (Å²) in [5.74, 6) is 0.449. The van der Waals surface area contributed by atoms with Crippen LogP contribution in [0.15, 0.2) is 53.3 Å². The summed E-state index contributed by atoms with van der Waals surface area (Å²) in [6.07, 6.45) is 1.79. The Hall–Kier alpha value is -4.14. The molecule has 1 N–H and O–H groups in total. The molecule has 2 heterocycles. The minimum Gasteiger partial charge on any atom is -0.493 e. The van der Waals surface area contributed by atoms with Gasteiger partial charge in [-0.25, -0.2) is 9.07 Å². The predicted octanol–water partition coefficient (Wildman–Crippen LogP) is 3.84. The first-order valence-electron chi connectivity index (χ1n) is 9.44. The lowest BCUT2D eigenvalue weighted by molar-refractivity contribution is 0.102. The van der Waals surface area contributed by atoms with Crippen LogP contribution in [0.5, 0.6) is 11.5 Å². The third-order valence-corrected chi connectivity index (χ3v) is 5.19. The molecule has 0 bridgehead atoms. The van der Waals surface area contributed by atoms with Gasteiger partial charge in [-0.2, -0.15) is 5.10 Å². The maximum absolute atomic E-state index is 14.7. The highest BCUT2D eigenvalue weighted by molar-refractivity contribution is 6.05. The largest absolute Gasteiger partial charge is 0.493 e. The van der Waals surface area contributed by atoms with Crippen molar-refractivity contribution in [3.63, 3.8) is 0 Å². The van der Waals surface area contributed by atoms with Gasteiger partial charge in [0, 0.05) is 23.6 Å². The molecular weight excluding hydrogens is 403 g/mol. The number of anilines is 1. The van der Waals surface area contributed by atoms with E-state index in [0.717, 1.165) is 11.1 Å². The van der Waals surface area contributed by atoms with Crippen LogP contribution in [0.25, 0.3) is 16.9 Å². The lowest BCUT2D eigenvalue weighted by Gasteiger charge is -2.12. The van der Waals surface area contributed by atoms with Crippen molar-refractivity contribution in [3.8, 4) is 28.4 Å². The Labute approximate surface area is 176 Å². The van der Waals surface area contributed by atoms with Gasteiger partial charge in [0.25, 0.3) is 5.91 Å². The van der Waals surface area contributed by atoms with Crippen molar-refractivity contribution in [2.75, 3.05) is 19.5 Å². The van der Waals surface area contributed by atoms with Gasteiger partial charge in [-0.15, -0.1) is 0 Å². The molecule has 0 unspecified atom stereocenters. The molecule has 156 valence electrons. The molecule has 0 saturated carbocycles. The lowest BCUT2D eigenvalue weighted by atomic mass is 10.1. The molecule has 0 fully saturated rings. The number of amides is 1. The van der Waals surface area contributed by atoms with Crippen molar-refractivity contribution >= 4 is 11.7 Å². The van der Waals surface area contributed by atoms with Crippen molar-refractivity contribution in [2.24, 2.45) is 0 Å². The summed E-state index contributed by atoms with van der Waals surface area (Å²) in [6, 6.07) is 11.5. The first kappa shape index (κ1) is 18.9. The number of ether oxygens (including phenoxy) is 2. The third-order valence-electron chi connectivity index (χ3n) is 5.19. The molecule has 5 rings (SSSR count). The van der Waals surface area contributed by atoms with E-state index >= 15 is 0 Å². The number of nitrogens with zero attached hydrogens (tertiary/aromatic N) is 3. The standard InChI is InChI=1S/C22H17FN4O4/c1-29-17-10-12-9-14-20(22(28)24-19-7-8-31-26-19)25-27(16-6-4-3-5-15(16)23)21(14)13(12)11-18(17)30-2/h3-8,10-11H,9H2,1-2H3,(H,24,26,28). The number of hydrogen-bond donors (Lipinski definition) is 1. The maximum Gasteiger partial charge on any atom is 0.277 e. The van der Waals surface area contributed by atoms with Gasteiger partial charge < -0.3 is 19.3 Å². The second kappa shape index (κ2) is 7.28. The minimum absolute atomic E-state index is 0.176. The van der Waals surface area contributed by atoms with Gasteiger partial charge in [-0.1, -0.05) is 17.3 Å². The summed E-state index contributed by atoms with van der Waals surface area (Å²) in [7, 11) is 3.11.